The average Bonchev–Trinajstić information content (AvgIpc) is 3.05. The van der Waals surface area contributed by atoms with Gasteiger partial charge in [-0.25, -0.2) is 0 Å². The molecule has 0 aliphatic heterocycles. The third-order valence-corrected chi connectivity index (χ3v) is 10.6. The van der Waals surface area contributed by atoms with Crippen molar-refractivity contribution < 1.29 is 21.3 Å². The quantitative estimate of drug-likeness (QED) is 0.0500. The van der Waals surface area contributed by atoms with Gasteiger partial charge in [-0.2, -0.15) is 8.42 Å². The number of hydrogen-bond acceptors (Lipinski definition) is 4. The van der Waals surface area contributed by atoms with Gasteiger partial charge in [0, 0.05) is 0 Å². The Kier molecular flexibility index (Phi) is 38.2. The molecule has 0 aliphatic rings. The Bertz CT molecular complexity index is 613. The summed E-state index contributed by atoms with van der Waals surface area (Å²) in [5.41, 5.74) is 0. The third kappa shape index (κ3) is 35.0. The van der Waals surface area contributed by atoms with E-state index in [2.05, 4.69) is 36.1 Å². The molecule has 0 aromatic rings. The molecule has 0 aromatic heterocycles. The van der Waals surface area contributed by atoms with Gasteiger partial charge in [0.05, 0.1) is 40.4 Å². The summed E-state index contributed by atoms with van der Waals surface area (Å²) in [6.07, 6.45) is 42.5. The van der Waals surface area contributed by atoms with Gasteiger partial charge in [0.15, 0.2) is 0 Å². The number of unbranched alkanes of at least 4 members (excludes halogenated alkanes) is 26. The molecule has 5 nitrogen and oxygen atoms in total. The van der Waals surface area contributed by atoms with E-state index in [-0.39, 0.29) is 0 Å². The van der Waals surface area contributed by atoms with Crippen LogP contribution in [0.2, 0.25) is 0 Å². The van der Waals surface area contributed by atoms with Crippen LogP contribution < -0.4 is 0 Å². The summed E-state index contributed by atoms with van der Waals surface area (Å²) in [6.45, 7) is 15.1. The number of rotatable bonds is 35. The normalized spacial score (nSPS) is 12.0. The third-order valence-electron chi connectivity index (χ3n) is 9.75. The Morgan fingerprint density at radius 1 is 0.356 bits per heavy atom. The van der Waals surface area contributed by atoms with E-state index in [0.717, 1.165) is 14.2 Å². The van der Waals surface area contributed by atoms with Crippen molar-refractivity contribution in [3.05, 3.63) is 0 Å². The van der Waals surface area contributed by atoms with Crippen LogP contribution in [-0.2, 0) is 18.8 Å². The van der Waals surface area contributed by atoms with Crippen molar-refractivity contribution in [1.29, 1.82) is 0 Å². The van der Waals surface area contributed by atoms with E-state index in [1.807, 2.05) is 0 Å². The first kappa shape index (κ1) is 46.9. The molecule has 0 aliphatic carbocycles. The molecule has 0 spiro atoms. The van der Waals surface area contributed by atoms with Gasteiger partial charge in [-0.1, -0.05) is 175 Å². The molecule has 0 saturated heterocycles. The van der Waals surface area contributed by atoms with E-state index in [4.69, 9.17) is 0 Å². The monoisotopic (exact) mass is 663 g/mol. The standard InChI is InChI=1S/C37H78N.C2H6O4S/c1-5-9-11-13-15-17-19-21-23-25-27-29-31-33-36-38(8-4,35-7-3)37-34-32-30-28-26-24-22-20-18-16-14-12-10-6-2;1-5-7(3,4)6-2/h5-37H2,1-4H3;1-2H3/q+1;. The molecule has 0 N–H and O–H groups in total. The highest BCUT2D eigenvalue weighted by Gasteiger charge is 2.23. The van der Waals surface area contributed by atoms with E-state index in [1.54, 1.807) is 0 Å². The molecule has 0 fully saturated rings. The Hall–Kier alpha value is -0.170. The second-order valence-electron chi connectivity index (χ2n) is 13.8. The molecule has 0 atom stereocenters. The summed E-state index contributed by atoms with van der Waals surface area (Å²) < 4.78 is 28.9. The molecule has 274 valence electrons. The zero-order valence-electron chi connectivity index (χ0n) is 31.8. The zero-order chi connectivity index (χ0) is 33.7. The van der Waals surface area contributed by atoms with Crippen LogP contribution >= 0.6 is 0 Å². The molecule has 0 heterocycles. The second kappa shape index (κ2) is 36.7. The first-order valence-electron chi connectivity index (χ1n) is 20.1. The molecular weight excluding hydrogens is 578 g/mol. The lowest BCUT2D eigenvalue weighted by Crippen LogP contribution is -2.49. The van der Waals surface area contributed by atoms with Gasteiger partial charge >= 0.3 is 10.4 Å². The summed E-state index contributed by atoms with van der Waals surface area (Å²) in [6, 6.07) is 0. The highest BCUT2D eigenvalue weighted by Crippen LogP contribution is 2.18. The van der Waals surface area contributed by atoms with Gasteiger partial charge in [-0.3, -0.25) is 8.37 Å². The first-order chi connectivity index (χ1) is 21.9. The summed E-state index contributed by atoms with van der Waals surface area (Å²) in [7, 11) is -1.60. The maximum Gasteiger partial charge on any atom is 0.399 e. The summed E-state index contributed by atoms with van der Waals surface area (Å²) in [4.78, 5) is 0. The van der Waals surface area contributed by atoms with E-state index in [0.29, 0.717) is 0 Å². The Morgan fingerprint density at radius 2 is 0.600 bits per heavy atom. The van der Waals surface area contributed by atoms with Gasteiger partial charge in [0.1, 0.15) is 0 Å². The fourth-order valence-electron chi connectivity index (χ4n) is 6.64. The lowest BCUT2D eigenvalue weighted by atomic mass is 10.0. The van der Waals surface area contributed by atoms with Gasteiger partial charge in [0.25, 0.3) is 0 Å². The summed E-state index contributed by atoms with van der Waals surface area (Å²) in [5.74, 6) is 0. The molecule has 0 amide bonds. The van der Waals surface area contributed by atoms with Crippen LogP contribution in [0.1, 0.15) is 214 Å². The van der Waals surface area contributed by atoms with Crippen molar-refractivity contribution >= 4 is 10.4 Å². The van der Waals surface area contributed by atoms with Gasteiger partial charge < -0.3 is 4.48 Å². The predicted octanol–water partition coefficient (Wildman–Crippen LogP) is 12.7. The molecule has 45 heavy (non-hydrogen) atoms. The topological polar surface area (TPSA) is 52.6 Å². The average molecular weight is 663 g/mol. The van der Waals surface area contributed by atoms with E-state index >= 15 is 0 Å². The molecule has 0 rings (SSSR count). The smallest absolute Gasteiger partial charge is 0.324 e. The van der Waals surface area contributed by atoms with Gasteiger partial charge in [-0.15, -0.1) is 0 Å². The number of quaternary nitrogens is 1. The first-order valence-corrected chi connectivity index (χ1v) is 21.4. The fraction of sp³-hybridized carbons (Fsp3) is 1.00. The highest BCUT2D eigenvalue weighted by molar-refractivity contribution is 7.81. The van der Waals surface area contributed by atoms with E-state index < -0.39 is 10.4 Å². The van der Waals surface area contributed by atoms with Crippen LogP contribution in [0.3, 0.4) is 0 Å². The summed E-state index contributed by atoms with van der Waals surface area (Å²) >= 11 is 0. The Labute approximate surface area is 285 Å². The zero-order valence-corrected chi connectivity index (χ0v) is 32.6. The minimum atomic E-state index is -3.66. The van der Waals surface area contributed by atoms with E-state index in [9.17, 15) is 8.42 Å². The molecule has 0 unspecified atom stereocenters. The lowest BCUT2D eigenvalue weighted by Gasteiger charge is -2.38. The fourth-order valence-corrected chi connectivity index (χ4v) is 6.77. The minimum Gasteiger partial charge on any atom is -0.324 e. The molecule has 0 radical (unpaired) electrons. The molecule has 0 saturated carbocycles. The minimum absolute atomic E-state index is 1.03. The summed E-state index contributed by atoms with van der Waals surface area (Å²) in [5, 5.41) is 0. The highest BCUT2D eigenvalue weighted by atomic mass is 32.3. The SMILES string of the molecule is CCCCCCCCCCCCCCCC[N+](CC)(CCC)CCCCCCCCCCCCCCCC.COS(=O)(=O)OC. The van der Waals surface area contributed by atoms with Gasteiger partial charge in [-0.05, 0) is 39.0 Å². The molecule has 0 bridgehead atoms. The maximum absolute atomic E-state index is 9.92. The van der Waals surface area contributed by atoms with Crippen LogP contribution in [0.25, 0.3) is 0 Å². The Morgan fingerprint density at radius 3 is 0.778 bits per heavy atom. The largest absolute Gasteiger partial charge is 0.399 e. The van der Waals surface area contributed by atoms with Crippen LogP contribution in [0.5, 0.6) is 0 Å². The van der Waals surface area contributed by atoms with Crippen molar-refractivity contribution in [2.24, 2.45) is 0 Å². The van der Waals surface area contributed by atoms with Crippen LogP contribution in [-0.4, -0.2) is 53.3 Å². The van der Waals surface area contributed by atoms with Crippen molar-refractivity contribution in [2.75, 3.05) is 40.4 Å². The van der Waals surface area contributed by atoms with E-state index in [1.165, 1.54) is 217 Å². The maximum atomic E-state index is 9.92. The molecule has 0 aromatic carbocycles. The van der Waals surface area contributed by atoms with Gasteiger partial charge in [0.2, 0.25) is 0 Å². The Balaban J connectivity index is 0. The molecule has 6 heteroatoms. The van der Waals surface area contributed by atoms with Crippen molar-refractivity contribution in [3.63, 3.8) is 0 Å². The van der Waals surface area contributed by atoms with Crippen LogP contribution in [0.15, 0.2) is 0 Å². The van der Waals surface area contributed by atoms with Crippen LogP contribution in [0.4, 0.5) is 0 Å². The molecular formula is C39H84NO4S+. The number of nitrogens with zero attached hydrogens (tertiary/aromatic N) is 1. The second-order valence-corrected chi connectivity index (χ2v) is 15.2. The van der Waals surface area contributed by atoms with Crippen molar-refractivity contribution in [2.45, 2.75) is 214 Å². The number of hydrogen-bond donors (Lipinski definition) is 0. The van der Waals surface area contributed by atoms with Crippen LogP contribution in [0, 0.1) is 0 Å². The lowest BCUT2D eigenvalue weighted by molar-refractivity contribution is -0.927. The predicted molar refractivity (Wildman–Crippen MR) is 199 cm³/mol. The van der Waals surface area contributed by atoms with Crippen molar-refractivity contribution in [3.8, 4) is 0 Å². The van der Waals surface area contributed by atoms with Crippen molar-refractivity contribution in [1.82, 2.24) is 0 Å².